The quantitative estimate of drug-likeness (QED) is 0.755. The van der Waals surface area contributed by atoms with E-state index in [1.807, 2.05) is 0 Å². The van der Waals surface area contributed by atoms with Crippen LogP contribution in [0.5, 0.6) is 0 Å². The molecule has 21 heavy (non-hydrogen) atoms. The SMILES string of the molecule is CC(=O)NC(=S)Nc1ccccc1-c1ccc(C(=O)O)o1. The van der Waals surface area contributed by atoms with E-state index in [4.69, 9.17) is 21.7 Å². The maximum absolute atomic E-state index is 11.0. The number of nitrogens with one attached hydrogen (secondary N) is 2. The molecule has 1 aromatic carbocycles. The molecule has 0 saturated carbocycles. The number of benzene rings is 1. The number of amides is 1. The summed E-state index contributed by atoms with van der Waals surface area (Å²) in [6, 6.07) is 10.00. The third-order valence-corrected chi connectivity index (χ3v) is 2.75. The summed E-state index contributed by atoms with van der Waals surface area (Å²) >= 11 is 5.00. The zero-order valence-corrected chi connectivity index (χ0v) is 11.9. The Balaban J connectivity index is 2.29. The lowest BCUT2D eigenvalue weighted by atomic mass is 10.1. The van der Waals surface area contributed by atoms with Crippen LogP contribution in [0, 0.1) is 0 Å². The number of carbonyl (C=O) groups excluding carboxylic acids is 1. The van der Waals surface area contributed by atoms with Gasteiger partial charge in [0.2, 0.25) is 11.7 Å². The molecule has 1 heterocycles. The monoisotopic (exact) mass is 304 g/mol. The van der Waals surface area contributed by atoms with E-state index in [9.17, 15) is 9.59 Å². The first-order chi connectivity index (χ1) is 9.97. The van der Waals surface area contributed by atoms with Gasteiger partial charge < -0.3 is 20.2 Å². The second-order valence-electron chi connectivity index (χ2n) is 4.15. The van der Waals surface area contributed by atoms with Crippen LogP contribution < -0.4 is 10.6 Å². The Hall–Kier alpha value is -2.67. The van der Waals surface area contributed by atoms with Gasteiger partial charge in [-0.15, -0.1) is 0 Å². The Bertz CT molecular complexity index is 709. The highest BCUT2D eigenvalue weighted by atomic mass is 32.1. The molecule has 2 aromatic rings. The van der Waals surface area contributed by atoms with E-state index in [1.165, 1.54) is 13.0 Å². The first-order valence-electron chi connectivity index (χ1n) is 5.98. The fourth-order valence-electron chi connectivity index (χ4n) is 1.72. The molecule has 6 nitrogen and oxygen atoms in total. The van der Waals surface area contributed by atoms with Crippen molar-refractivity contribution < 1.29 is 19.1 Å². The highest BCUT2D eigenvalue weighted by Crippen LogP contribution is 2.29. The average molecular weight is 304 g/mol. The zero-order valence-electron chi connectivity index (χ0n) is 11.0. The van der Waals surface area contributed by atoms with E-state index in [2.05, 4.69) is 10.6 Å². The zero-order chi connectivity index (χ0) is 15.4. The van der Waals surface area contributed by atoms with E-state index < -0.39 is 5.97 Å². The van der Waals surface area contributed by atoms with Crippen LogP contribution in [0.1, 0.15) is 17.5 Å². The van der Waals surface area contributed by atoms with Crippen molar-refractivity contribution in [2.24, 2.45) is 0 Å². The van der Waals surface area contributed by atoms with Gasteiger partial charge in [0.25, 0.3) is 0 Å². The lowest BCUT2D eigenvalue weighted by molar-refractivity contribution is -0.117. The maximum Gasteiger partial charge on any atom is 0.371 e. The van der Waals surface area contributed by atoms with Gasteiger partial charge in [0.15, 0.2) is 5.11 Å². The minimum absolute atomic E-state index is 0.149. The van der Waals surface area contributed by atoms with Crippen LogP contribution in [0.3, 0.4) is 0 Å². The van der Waals surface area contributed by atoms with Crippen LogP contribution in [-0.2, 0) is 4.79 Å². The van der Waals surface area contributed by atoms with E-state index >= 15 is 0 Å². The van der Waals surface area contributed by atoms with Crippen LogP contribution in [0.4, 0.5) is 5.69 Å². The summed E-state index contributed by atoms with van der Waals surface area (Å²) in [5.41, 5.74) is 1.24. The number of aromatic carboxylic acids is 1. The van der Waals surface area contributed by atoms with E-state index in [0.717, 1.165) is 0 Å². The van der Waals surface area contributed by atoms with E-state index in [-0.39, 0.29) is 16.8 Å². The lowest BCUT2D eigenvalue weighted by Crippen LogP contribution is -2.32. The molecule has 7 heteroatoms. The van der Waals surface area contributed by atoms with Crippen molar-refractivity contribution >= 4 is 34.9 Å². The molecule has 1 aromatic heterocycles. The topological polar surface area (TPSA) is 91.6 Å². The molecule has 108 valence electrons. The van der Waals surface area contributed by atoms with Gasteiger partial charge in [0.1, 0.15) is 5.76 Å². The molecular formula is C14H12N2O4S. The second kappa shape index (κ2) is 6.19. The van der Waals surface area contributed by atoms with Crippen LogP contribution in [-0.4, -0.2) is 22.1 Å². The summed E-state index contributed by atoms with van der Waals surface area (Å²) in [7, 11) is 0. The number of rotatable bonds is 3. The van der Waals surface area contributed by atoms with Crippen LogP contribution in [0.25, 0.3) is 11.3 Å². The van der Waals surface area contributed by atoms with Crippen molar-refractivity contribution in [3.63, 3.8) is 0 Å². The Morgan fingerprint density at radius 2 is 1.90 bits per heavy atom. The average Bonchev–Trinajstić information content (AvgIpc) is 2.88. The summed E-state index contributed by atoms with van der Waals surface area (Å²) < 4.78 is 5.26. The molecule has 0 spiro atoms. The van der Waals surface area contributed by atoms with Gasteiger partial charge in [-0.05, 0) is 36.5 Å². The molecule has 0 aliphatic heterocycles. The Morgan fingerprint density at radius 3 is 2.52 bits per heavy atom. The number of hydrogen-bond donors (Lipinski definition) is 3. The molecule has 0 aliphatic rings. The van der Waals surface area contributed by atoms with Crippen molar-refractivity contribution in [2.75, 3.05) is 5.32 Å². The van der Waals surface area contributed by atoms with Gasteiger partial charge in [0, 0.05) is 12.5 Å². The fourth-order valence-corrected chi connectivity index (χ4v) is 1.97. The molecule has 0 atom stereocenters. The minimum Gasteiger partial charge on any atom is -0.475 e. The molecule has 0 bridgehead atoms. The van der Waals surface area contributed by atoms with E-state index in [1.54, 1.807) is 30.3 Å². The van der Waals surface area contributed by atoms with Gasteiger partial charge in [-0.3, -0.25) is 4.79 Å². The Labute approximate surface area is 125 Å². The van der Waals surface area contributed by atoms with Gasteiger partial charge in [-0.1, -0.05) is 12.1 Å². The molecule has 1 amide bonds. The number of para-hydroxylation sites is 1. The Morgan fingerprint density at radius 1 is 1.19 bits per heavy atom. The maximum atomic E-state index is 11.0. The summed E-state index contributed by atoms with van der Waals surface area (Å²) in [5, 5.41) is 14.4. The third kappa shape index (κ3) is 3.67. The molecule has 0 aliphatic carbocycles. The van der Waals surface area contributed by atoms with Crippen molar-refractivity contribution in [3.8, 4) is 11.3 Å². The van der Waals surface area contributed by atoms with Gasteiger partial charge >= 0.3 is 5.97 Å². The number of carbonyl (C=O) groups is 2. The number of carboxylic acids is 1. The first-order valence-corrected chi connectivity index (χ1v) is 6.39. The fraction of sp³-hybridized carbons (Fsp3) is 0.0714. The summed E-state index contributed by atoms with van der Waals surface area (Å²) in [6.45, 7) is 1.35. The van der Waals surface area contributed by atoms with E-state index in [0.29, 0.717) is 17.0 Å². The van der Waals surface area contributed by atoms with Gasteiger partial charge in [-0.2, -0.15) is 0 Å². The second-order valence-corrected chi connectivity index (χ2v) is 4.56. The summed E-state index contributed by atoms with van der Waals surface area (Å²) in [4.78, 5) is 21.8. The molecule has 0 saturated heterocycles. The predicted molar refractivity (Wildman–Crippen MR) is 81.1 cm³/mol. The predicted octanol–water partition coefficient (Wildman–Crippen LogP) is 2.48. The minimum atomic E-state index is -1.14. The molecule has 2 rings (SSSR count). The van der Waals surface area contributed by atoms with Gasteiger partial charge in [-0.25, -0.2) is 4.79 Å². The lowest BCUT2D eigenvalue weighted by Gasteiger charge is -2.11. The van der Waals surface area contributed by atoms with Gasteiger partial charge in [0.05, 0.1) is 5.69 Å². The summed E-state index contributed by atoms with van der Waals surface area (Å²) in [6.07, 6.45) is 0. The van der Waals surface area contributed by atoms with Crippen LogP contribution in [0.15, 0.2) is 40.8 Å². The van der Waals surface area contributed by atoms with Crippen LogP contribution >= 0.6 is 12.2 Å². The highest BCUT2D eigenvalue weighted by molar-refractivity contribution is 7.80. The largest absolute Gasteiger partial charge is 0.475 e. The van der Waals surface area contributed by atoms with Crippen molar-refractivity contribution in [1.29, 1.82) is 0 Å². The Kier molecular flexibility index (Phi) is 4.34. The molecular weight excluding hydrogens is 292 g/mol. The van der Waals surface area contributed by atoms with Crippen molar-refractivity contribution in [2.45, 2.75) is 6.92 Å². The number of furan rings is 1. The first kappa shape index (κ1) is 14.7. The normalized spacial score (nSPS) is 9.95. The smallest absolute Gasteiger partial charge is 0.371 e. The highest BCUT2D eigenvalue weighted by Gasteiger charge is 2.13. The van der Waals surface area contributed by atoms with Crippen molar-refractivity contribution in [1.82, 2.24) is 5.32 Å². The summed E-state index contributed by atoms with van der Waals surface area (Å²) in [5.74, 6) is -1.18. The molecule has 0 unspecified atom stereocenters. The molecule has 0 fully saturated rings. The number of hydrogen-bond acceptors (Lipinski definition) is 4. The van der Waals surface area contributed by atoms with Crippen molar-refractivity contribution in [3.05, 3.63) is 42.2 Å². The molecule has 0 radical (unpaired) electrons. The van der Waals surface area contributed by atoms with Crippen LogP contribution in [0.2, 0.25) is 0 Å². The number of anilines is 1. The number of thiocarbonyl (C=S) groups is 1. The molecule has 3 N–H and O–H groups in total. The number of carboxylic acid groups (broad SMARTS) is 1. The standard InChI is InChI=1S/C14H12N2O4S/c1-8(17)15-14(21)16-10-5-3-2-4-9(10)11-6-7-12(20-11)13(18)19/h2-7H,1H3,(H,18,19)(H2,15,16,17,21). The third-order valence-electron chi connectivity index (χ3n) is 2.55.